The Balaban J connectivity index is 1.43. The molecule has 0 bridgehead atoms. The van der Waals surface area contributed by atoms with E-state index in [-0.39, 0.29) is 30.6 Å². The summed E-state index contributed by atoms with van der Waals surface area (Å²) in [4.78, 5) is 41.3. The van der Waals surface area contributed by atoms with Crippen LogP contribution >= 0.6 is 0 Å². The molecule has 1 N–H and O–H groups in total. The predicted octanol–water partition coefficient (Wildman–Crippen LogP) is 2.48. The van der Waals surface area contributed by atoms with Gasteiger partial charge in [0.1, 0.15) is 18.2 Å². The topological polar surface area (TPSA) is 79.0 Å². The van der Waals surface area contributed by atoms with Gasteiger partial charge in [0.05, 0.1) is 12.6 Å². The standard InChI is InChI=1S/C22H29N3O4/c1-15-8-10-22(11-9-15)20(27)25(21(28)23-22)14-19(26)24-12-16(2)29-18(13-24)17-6-4-3-5-7-17/h3-7,15-16,18H,8-14H2,1-2H3,(H,23,28). The Morgan fingerprint density at radius 1 is 1.14 bits per heavy atom. The van der Waals surface area contributed by atoms with Crippen molar-refractivity contribution in [2.75, 3.05) is 19.6 Å². The smallest absolute Gasteiger partial charge is 0.325 e. The van der Waals surface area contributed by atoms with E-state index < -0.39 is 11.6 Å². The highest BCUT2D eigenvalue weighted by molar-refractivity contribution is 6.09. The molecule has 2 saturated heterocycles. The molecule has 1 saturated carbocycles. The van der Waals surface area contributed by atoms with E-state index >= 15 is 0 Å². The maximum atomic E-state index is 13.0. The average molecular weight is 399 g/mol. The summed E-state index contributed by atoms with van der Waals surface area (Å²) in [6.07, 6.45) is 2.79. The van der Waals surface area contributed by atoms with Gasteiger partial charge in [-0.05, 0) is 44.1 Å². The lowest BCUT2D eigenvalue weighted by Gasteiger charge is -2.37. The van der Waals surface area contributed by atoms with Crippen molar-refractivity contribution >= 4 is 17.8 Å². The molecule has 1 aromatic carbocycles. The molecule has 0 aromatic heterocycles. The molecule has 1 spiro atoms. The monoisotopic (exact) mass is 399 g/mol. The average Bonchev–Trinajstić information content (AvgIpc) is 2.94. The lowest BCUT2D eigenvalue weighted by atomic mass is 9.77. The van der Waals surface area contributed by atoms with E-state index in [2.05, 4.69) is 12.2 Å². The number of amides is 4. The fourth-order valence-corrected chi connectivity index (χ4v) is 4.66. The SMILES string of the molecule is CC1CCC2(CC1)NC(=O)N(CC(=O)N1CC(C)OC(c3ccccc3)C1)C2=O. The van der Waals surface area contributed by atoms with Crippen LogP contribution in [-0.4, -0.2) is 58.9 Å². The highest BCUT2D eigenvalue weighted by Crippen LogP contribution is 2.36. The number of carbonyl (C=O) groups is 3. The van der Waals surface area contributed by atoms with Crippen LogP contribution in [0.25, 0.3) is 0 Å². The van der Waals surface area contributed by atoms with Gasteiger partial charge in [-0.2, -0.15) is 0 Å². The van der Waals surface area contributed by atoms with Crippen molar-refractivity contribution in [3.63, 3.8) is 0 Å². The zero-order valence-corrected chi connectivity index (χ0v) is 17.1. The molecule has 2 heterocycles. The number of nitrogens with one attached hydrogen (secondary N) is 1. The summed E-state index contributed by atoms with van der Waals surface area (Å²) in [6, 6.07) is 9.36. The number of urea groups is 1. The zero-order chi connectivity index (χ0) is 20.6. The van der Waals surface area contributed by atoms with E-state index in [9.17, 15) is 14.4 Å². The number of hydrogen-bond donors (Lipinski definition) is 1. The first-order chi connectivity index (χ1) is 13.9. The summed E-state index contributed by atoms with van der Waals surface area (Å²) < 4.78 is 6.01. The maximum Gasteiger partial charge on any atom is 0.325 e. The van der Waals surface area contributed by atoms with E-state index in [0.29, 0.717) is 31.8 Å². The van der Waals surface area contributed by atoms with Gasteiger partial charge in [0.25, 0.3) is 5.91 Å². The largest absolute Gasteiger partial charge is 0.367 e. The Hall–Kier alpha value is -2.41. The number of morpholine rings is 1. The van der Waals surface area contributed by atoms with Crippen LogP contribution in [0.2, 0.25) is 0 Å². The Labute approximate surface area is 171 Å². The molecule has 3 fully saturated rings. The molecule has 1 aromatic rings. The van der Waals surface area contributed by atoms with E-state index in [4.69, 9.17) is 4.74 Å². The van der Waals surface area contributed by atoms with Gasteiger partial charge in [0.2, 0.25) is 5.91 Å². The summed E-state index contributed by atoms with van der Waals surface area (Å²) in [5.41, 5.74) is 0.205. The van der Waals surface area contributed by atoms with Crippen LogP contribution in [0.4, 0.5) is 4.79 Å². The van der Waals surface area contributed by atoms with Crippen LogP contribution in [0.1, 0.15) is 51.2 Å². The second kappa shape index (κ2) is 7.78. The second-order valence-electron chi connectivity index (χ2n) is 8.73. The van der Waals surface area contributed by atoms with Gasteiger partial charge in [0.15, 0.2) is 0 Å². The first-order valence-electron chi connectivity index (χ1n) is 10.5. The third-order valence-electron chi connectivity index (χ3n) is 6.45. The van der Waals surface area contributed by atoms with Gasteiger partial charge >= 0.3 is 6.03 Å². The van der Waals surface area contributed by atoms with Gasteiger partial charge in [-0.25, -0.2) is 4.79 Å². The summed E-state index contributed by atoms with van der Waals surface area (Å²) >= 11 is 0. The Morgan fingerprint density at radius 2 is 1.83 bits per heavy atom. The number of rotatable bonds is 3. The number of carbonyl (C=O) groups excluding carboxylic acids is 3. The second-order valence-corrected chi connectivity index (χ2v) is 8.73. The maximum absolute atomic E-state index is 13.0. The van der Waals surface area contributed by atoms with Crippen LogP contribution in [0.15, 0.2) is 30.3 Å². The Morgan fingerprint density at radius 3 is 2.52 bits per heavy atom. The minimum absolute atomic E-state index is 0.118. The molecule has 3 aliphatic rings. The molecule has 2 atom stereocenters. The minimum Gasteiger partial charge on any atom is -0.367 e. The van der Waals surface area contributed by atoms with Crippen molar-refractivity contribution in [1.29, 1.82) is 0 Å². The number of imide groups is 1. The summed E-state index contributed by atoms with van der Waals surface area (Å²) in [5, 5.41) is 2.88. The van der Waals surface area contributed by atoms with Crippen molar-refractivity contribution in [3.05, 3.63) is 35.9 Å². The van der Waals surface area contributed by atoms with Crippen molar-refractivity contribution < 1.29 is 19.1 Å². The van der Waals surface area contributed by atoms with E-state index in [1.165, 1.54) is 0 Å². The normalized spacial score (nSPS) is 32.6. The fraction of sp³-hybridized carbons (Fsp3) is 0.591. The Bertz CT molecular complexity index is 789. The van der Waals surface area contributed by atoms with Crippen LogP contribution in [0.3, 0.4) is 0 Å². The molecule has 2 aliphatic heterocycles. The first-order valence-corrected chi connectivity index (χ1v) is 10.5. The highest BCUT2D eigenvalue weighted by atomic mass is 16.5. The van der Waals surface area contributed by atoms with Gasteiger partial charge in [0, 0.05) is 6.54 Å². The number of nitrogens with zero attached hydrogens (tertiary/aromatic N) is 2. The summed E-state index contributed by atoms with van der Waals surface area (Å²) in [6.45, 7) is 4.75. The Kier molecular flexibility index (Phi) is 5.34. The molecule has 0 radical (unpaired) electrons. The molecule has 4 amide bonds. The van der Waals surface area contributed by atoms with Crippen molar-refractivity contribution in [2.45, 2.75) is 57.3 Å². The summed E-state index contributed by atoms with van der Waals surface area (Å²) in [5.74, 6) is 0.0974. The predicted molar refractivity (Wildman–Crippen MR) is 107 cm³/mol. The van der Waals surface area contributed by atoms with Crippen molar-refractivity contribution in [3.8, 4) is 0 Å². The molecule has 4 rings (SSSR count). The third-order valence-corrected chi connectivity index (χ3v) is 6.45. The molecular formula is C22H29N3O4. The number of benzene rings is 1. The van der Waals surface area contributed by atoms with E-state index in [0.717, 1.165) is 23.3 Å². The van der Waals surface area contributed by atoms with E-state index in [1.807, 2.05) is 37.3 Å². The van der Waals surface area contributed by atoms with Gasteiger partial charge in [-0.3, -0.25) is 14.5 Å². The van der Waals surface area contributed by atoms with Crippen LogP contribution in [0, 0.1) is 5.92 Å². The molecule has 156 valence electrons. The third kappa shape index (κ3) is 3.88. The van der Waals surface area contributed by atoms with Gasteiger partial charge < -0.3 is 15.0 Å². The number of hydrogen-bond acceptors (Lipinski definition) is 4. The van der Waals surface area contributed by atoms with Gasteiger partial charge in [-0.15, -0.1) is 0 Å². The fourth-order valence-electron chi connectivity index (χ4n) is 4.66. The minimum atomic E-state index is -0.811. The molecular weight excluding hydrogens is 370 g/mol. The van der Waals surface area contributed by atoms with Crippen molar-refractivity contribution in [1.82, 2.24) is 15.1 Å². The van der Waals surface area contributed by atoms with Crippen molar-refractivity contribution in [2.24, 2.45) is 5.92 Å². The van der Waals surface area contributed by atoms with Gasteiger partial charge in [-0.1, -0.05) is 37.3 Å². The van der Waals surface area contributed by atoms with Crippen LogP contribution in [0.5, 0.6) is 0 Å². The lowest BCUT2D eigenvalue weighted by molar-refractivity contribution is -0.148. The highest BCUT2D eigenvalue weighted by Gasteiger charge is 2.52. The van der Waals surface area contributed by atoms with Crippen LogP contribution < -0.4 is 5.32 Å². The molecule has 7 nitrogen and oxygen atoms in total. The molecule has 2 unspecified atom stereocenters. The number of ether oxygens (including phenoxy) is 1. The zero-order valence-electron chi connectivity index (χ0n) is 17.1. The lowest BCUT2D eigenvalue weighted by Crippen LogP contribution is -2.51. The van der Waals surface area contributed by atoms with Crippen LogP contribution in [-0.2, 0) is 14.3 Å². The first kappa shape index (κ1) is 19.9. The van der Waals surface area contributed by atoms with E-state index in [1.54, 1.807) is 4.90 Å². The quantitative estimate of drug-likeness (QED) is 0.792. The summed E-state index contributed by atoms with van der Waals surface area (Å²) in [7, 11) is 0. The molecule has 29 heavy (non-hydrogen) atoms. The molecule has 1 aliphatic carbocycles. The molecule has 7 heteroatoms.